The quantitative estimate of drug-likeness (QED) is 0.393. The summed E-state index contributed by atoms with van der Waals surface area (Å²) in [6.45, 7) is 3.03. The zero-order valence-electron chi connectivity index (χ0n) is 14.9. The Bertz CT molecular complexity index is 699. The van der Waals surface area contributed by atoms with Gasteiger partial charge in [0.15, 0.2) is 5.96 Å². The number of benzene rings is 2. The van der Waals surface area contributed by atoms with Crippen molar-refractivity contribution in [1.29, 1.82) is 0 Å². The van der Waals surface area contributed by atoms with E-state index in [1.165, 1.54) is 11.6 Å². The molecule has 0 radical (unpaired) electrons. The molecular formula is C19H26FIN4. The first-order valence-corrected chi connectivity index (χ1v) is 8.06. The molecule has 0 saturated heterocycles. The fraction of sp³-hybridized carbons (Fsp3) is 0.316. The monoisotopic (exact) mass is 456 g/mol. The number of anilines is 1. The first-order valence-electron chi connectivity index (χ1n) is 8.06. The second-order valence-corrected chi connectivity index (χ2v) is 6.04. The van der Waals surface area contributed by atoms with Gasteiger partial charge in [0.25, 0.3) is 0 Å². The van der Waals surface area contributed by atoms with Crippen LogP contribution < -0.4 is 11.1 Å². The molecule has 0 unspecified atom stereocenters. The molecule has 0 aliphatic carbocycles. The first-order chi connectivity index (χ1) is 11.5. The Morgan fingerprint density at radius 1 is 1.12 bits per heavy atom. The lowest BCUT2D eigenvalue weighted by atomic mass is 10.1. The summed E-state index contributed by atoms with van der Waals surface area (Å²) in [5, 5.41) is 3.04. The van der Waals surface area contributed by atoms with Crippen LogP contribution in [0.2, 0.25) is 0 Å². The molecule has 0 atom stereocenters. The average molecular weight is 456 g/mol. The number of aryl methyl sites for hydroxylation is 1. The molecule has 3 N–H and O–H groups in total. The molecule has 0 fully saturated rings. The standard InChI is InChI=1S/C19H25FN4.HI/c1-4-14-6-9-17(10-7-14)23-19(21)22-12-15-5-8-16(13-24(2)3)18(20)11-15;/h5-11H,4,12-13H2,1-3H3,(H3,21,22,23);1H. The van der Waals surface area contributed by atoms with E-state index in [2.05, 4.69) is 29.4 Å². The zero-order chi connectivity index (χ0) is 17.5. The van der Waals surface area contributed by atoms with Gasteiger partial charge in [-0.05, 0) is 49.8 Å². The van der Waals surface area contributed by atoms with E-state index in [1.807, 2.05) is 37.2 Å². The van der Waals surface area contributed by atoms with Gasteiger partial charge in [-0.15, -0.1) is 24.0 Å². The molecule has 0 amide bonds. The largest absolute Gasteiger partial charge is 0.370 e. The maximum Gasteiger partial charge on any atom is 0.193 e. The lowest BCUT2D eigenvalue weighted by Gasteiger charge is -2.11. The van der Waals surface area contributed by atoms with E-state index in [-0.39, 0.29) is 29.8 Å². The lowest BCUT2D eigenvalue weighted by molar-refractivity contribution is 0.392. The van der Waals surface area contributed by atoms with Crippen molar-refractivity contribution < 1.29 is 4.39 Å². The van der Waals surface area contributed by atoms with Crippen LogP contribution in [-0.2, 0) is 19.5 Å². The van der Waals surface area contributed by atoms with E-state index in [0.29, 0.717) is 24.6 Å². The van der Waals surface area contributed by atoms with E-state index in [9.17, 15) is 4.39 Å². The average Bonchev–Trinajstić information content (AvgIpc) is 2.55. The summed E-state index contributed by atoms with van der Waals surface area (Å²) >= 11 is 0. The summed E-state index contributed by atoms with van der Waals surface area (Å²) in [5.74, 6) is 0.107. The third-order valence-corrected chi connectivity index (χ3v) is 3.67. The lowest BCUT2D eigenvalue weighted by Crippen LogP contribution is -2.22. The van der Waals surface area contributed by atoms with Crippen LogP contribution >= 0.6 is 24.0 Å². The van der Waals surface area contributed by atoms with Gasteiger partial charge in [0.2, 0.25) is 0 Å². The van der Waals surface area contributed by atoms with Crippen LogP contribution in [0.3, 0.4) is 0 Å². The van der Waals surface area contributed by atoms with E-state index in [1.54, 1.807) is 6.07 Å². The Balaban J connectivity index is 0.00000312. The van der Waals surface area contributed by atoms with Crippen molar-refractivity contribution in [3.63, 3.8) is 0 Å². The zero-order valence-corrected chi connectivity index (χ0v) is 17.3. The van der Waals surface area contributed by atoms with Crippen molar-refractivity contribution >= 4 is 35.6 Å². The molecule has 0 aliphatic heterocycles. The first kappa shape index (κ1) is 21.4. The summed E-state index contributed by atoms with van der Waals surface area (Å²) in [6, 6.07) is 13.2. The predicted octanol–water partition coefficient (Wildman–Crippen LogP) is 3.99. The van der Waals surface area contributed by atoms with E-state index in [0.717, 1.165) is 17.7 Å². The summed E-state index contributed by atoms with van der Waals surface area (Å²) in [7, 11) is 3.83. The molecule has 0 heterocycles. The Labute approximate surface area is 166 Å². The molecule has 0 aliphatic rings. The van der Waals surface area contributed by atoms with E-state index >= 15 is 0 Å². The van der Waals surface area contributed by atoms with Gasteiger partial charge >= 0.3 is 0 Å². The van der Waals surface area contributed by atoms with Gasteiger partial charge in [0, 0.05) is 17.8 Å². The highest BCUT2D eigenvalue weighted by Gasteiger charge is 2.05. The third-order valence-electron chi connectivity index (χ3n) is 3.67. The molecule has 6 heteroatoms. The molecule has 0 spiro atoms. The Morgan fingerprint density at radius 3 is 2.32 bits per heavy atom. The maximum absolute atomic E-state index is 14.0. The summed E-state index contributed by atoms with van der Waals surface area (Å²) < 4.78 is 14.0. The van der Waals surface area contributed by atoms with Crippen LogP contribution in [-0.4, -0.2) is 25.0 Å². The minimum atomic E-state index is -0.210. The number of nitrogens with one attached hydrogen (secondary N) is 1. The van der Waals surface area contributed by atoms with Gasteiger partial charge in [0.05, 0.1) is 6.54 Å². The highest BCUT2D eigenvalue weighted by atomic mass is 127. The number of halogens is 2. The third kappa shape index (κ3) is 6.99. The van der Waals surface area contributed by atoms with Crippen molar-refractivity contribution in [2.75, 3.05) is 19.4 Å². The van der Waals surface area contributed by atoms with Gasteiger partial charge in [-0.1, -0.05) is 31.2 Å². The number of nitrogens with two attached hydrogens (primary N) is 1. The van der Waals surface area contributed by atoms with Crippen LogP contribution in [0.25, 0.3) is 0 Å². The highest BCUT2D eigenvalue weighted by molar-refractivity contribution is 14.0. The molecule has 2 aromatic rings. The summed E-state index contributed by atoms with van der Waals surface area (Å²) in [5.41, 5.74) is 9.52. The fourth-order valence-corrected chi connectivity index (χ4v) is 2.35. The minimum Gasteiger partial charge on any atom is -0.370 e. The van der Waals surface area contributed by atoms with Crippen molar-refractivity contribution in [2.24, 2.45) is 10.7 Å². The SMILES string of the molecule is CCc1ccc(NC(N)=NCc2ccc(CN(C)C)c(F)c2)cc1.I. The Morgan fingerprint density at radius 2 is 1.76 bits per heavy atom. The molecule has 136 valence electrons. The molecule has 4 nitrogen and oxygen atoms in total. The van der Waals surface area contributed by atoms with Gasteiger partial charge in [0.1, 0.15) is 5.82 Å². The van der Waals surface area contributed by atoms with Gasteiger partial charge < -0.3 is 16.0 Å². The predicted molar refractivity (Wildman–Crippen MR) is 114 cm³/mol. The highest BCUT2D eigenvalue weighted by Crippen LogP contribution is 2.13. The van der Waals surface area contributed by atoms with Gasteiger partial charge in [-0.3, -0.25) is 0 Å². The fourth-order valence-electron chi connectivity index (χ4n) is 2.35. The smallest absolute Gasteiger partial charge is 0.193 e. The van der Waals surface area contributed by atoms with Gasteiger partial charge in [-0.25, -0.2) is 9.38 Å². The number of nitrogens with zero attached hydrogens (tertiary/aromatic N) is 2. The van der Waals surface area contributed by atoms with Crippen molar-refractivity contribution in [3.8, 4) is 0 Å². The maximum atomic E-state index is 14.0. The summed E-state index contributed by atoms with van der Waals surface area (Å²) in [4.78, 5) is 6.20. The number of rotatable bonds is 6. The van der Waals surface area contributed by atoms with E-state index < -0.39 is 0 Å². The normalized spacial score (nSPS) is 11.3. The van der Waals surface area contributed by atoms with Crippen molar-refractivity contribution in [3.05, 3.63) is 65.0 Å². The van der Waals surface area contributed by atoms with Crippen molar-refractivity contribution in [2.45, 2.75) is 26.4 Å². The molecule has 0 bridgehead atoms. The second kappa shape index (κ2) is 10.4. The molecule has 0 saturated carbocycles. The number of guanidine groups is 1. The van der Waals surface area contributed by atoms with Crippen LogP contribution in [0.4, 0.5) is 10.1 Å². The van der Waals surface area contributed by atoms with Crippen LogP contribution in [0.15, 0.2) is 47.5 Å². The molecule has 25 heavy (non-hydrogen) atoms. The number of aliphatic imine (C=N–C) groups is 1. The second-order valence-electron chi connectivity index (χ2n) is 6.04. The Hall–Kier alpha value is -1.67. The minimum absolute atomic E-state index is 0. The van der Waals surface area contributed by atoms with E-state index in [4.69, 9.17) is 5.73 Å². The molecule has 2 aromatic carbocycles. The van der Waals surface area contributed by atoms with Crippen LogP contribution in [0.1, 0.15) is 23.6 Å². The number of hydrogen-bond donors (Lipinski definition) is 2. The molecule has 2 rings (SSSR count). The van der Waals surface area contributed by atoms with Crippen LogP contribution in [0.5, 0.6) is 0 Å². The number of hydrogen-bond acceptors (Lipinski definition) is 2. The van der Waals surface area contributed by atoms with Crippen molar-refractivity contribution in [1.82, 2.24) is 4.90 Å². The summed E-state index contributed by atoms with van der Waals surface area (Å²) in [6.07, 6.45) is 0.999. The molecular weight excluding hydrogens is 430 g/mol. The molecule has 0 aromatic heterocycles. The Kier molecular flexibility index (Phi) is 8.85. The topological polar surface area (TPSA) is 53.6 Å². The van der Waals surface area contributed by atoms with Gasteiger partial charge in [-0.2, -0.15) is 0 Å². The van der Waals surface area contributed by atoms with Crippen LogP contribution in [0, 0.1) is 5.82 Å².